The molecule has 5 rings (SSSR count). The van der Waals surface area contributed by atoms with Gasteiger partial charge in [0.05, 0.1) is 11.7 Å². The van der Waals surface area contributed by atoms with E-state index in [1.807, 2.05) is 12.1 Å². The number of rotatable bonds is 4. The summed E-state index contributed by atoms with van der Waals surface area (Å²) in [7, 11) is 0. The van der Waals surface area contributed by atoms with Gasteiger partial charge in [0.1, 0.15) is 5.82 Å². The Bertz CT molecular complexity index is 819. The quantitative estimate of drug-likeness (QED) is 0.556. The third-order valence-corrected chi connectivity index (χ3v) is 11.2. The zero-order valence-corrected chi connectivity index (χ0v) is 20.3. The molecule has 0 spiro atoms. The Balaban J connectivity index is 1.31. The van der Waals surface area contributed by atoms with Gasteiger partial charge in [0, 0.05) is 0 Å². The van der Waals surface area contributed by atoms with Gasteiger partial charge in [0.15, 0.2) is 0 Å². The molecule has 0 bridgehead atoms. The van der Waals surface area contributed by atoms with E-state index in [2.05, 4.69) is 20.8 Å². The molecular formula is C29H43FO2. The summed E-state index contributed by atoms with van der Waals surface area (Å²) in [4.78, 5) is 0. The van der Waals surface area contributed by atoms with E-state index in [9.17, 15) is 14.6 Å². The molecule has 0 radical (unpaired) electrons. The minimum Gasteiger partial charge on any atom is -0.393 e. The van der Waals surface area contributed by atoms with Gasteiger partial charge in [-0.05, 0) is 136 Å². The molecule has 4 aliphatic rings. The summed E-state index contributed by atoms with van der Waals surface area (Å²) >= 11 is 0. The normalized spacial score (nSPS) is 45.4. The zero-order valence-electron chi connectivity index (χ0n) is 20.3. The first kappa shape index (κ1) is 22.8. The summed E-state index contributed by atoms with van der Waals surface area (Å²) in [5, 5.41) is 22.0. The standard InChI is InChI=1S/C29H43FO2/c1-27-15-13-22(31)18-20(27)6-9-23-24-10-11-26(28(24,2)16-14-25(23)27)29(3,32)17-12-19-4-7-21(30)8-5-19/h4-5,7-8,20,22-26,31-32H,6,9-18H2,1-3H3/t20-,22-,23-,24-,25-,26-,27-,28-,29+/m0/s1. The Kier molecular flexibility index (Phi) is 5.77. The number of hydrogen-bond acceptors (Lipinski definition) is 2. The van der Waals surface area contributed by atoms with E-state index in [0.717, 1.165) is 55.4 Å². The Labute approximate surface area is 194 Å². The van der Waals surface area contributed by atoms with E-state index < -0.39 is 5.60 Å². The molecule has 0 amide bonds. The number of aliphatic hydroxyl groups is 2. The summed E-state index contributed by atoms with van der Waals surface area (Å²) < 4.78 is 13.3. The van der Waals surface area contributed by atoms with Gasteiger partial charge in [0.2, 0.25) is 0 Å². The summed E-state index contributed by atoms with van der Waals surface area (Å²) in [5.74, 6) is 3.18. The predicted molar refractivity (Wildman–Crippen MR) is 127 cm³/mol. The van der Waals surface area contributed by atoms with Gasteiger partial charge in [-0.25, -0.2) is 4.39 Å². The molecule has 1 aromatic carbocycles. The summed E-state index contributed by atoms with van der Waals surface area (Å²) in [5.41, 5.74) is 1.07. The van der Waals surface area contributed by atoms with E-state index in [-0.39, 0.29) is 17.3 Å². The zero-order chi connectivity index (χ0) is 22.7. The van der Waals surface area contributed by atoms with Crippen molar-refractivity contribution in [3.8, 4) is 0 Å². The molecule has 2 nitrogen and oxygen atoms in total. The van der Waals surface area contributed by atoms with Crippen molar-refractivity contribution >= 4 is 0 Å². The minimum absolute atomic E-state index is 0.0782. The third kappa shape index (κ3) is 3.66. The van der Waals surface area contributed by atoms with E-state index >= 15 is 0 Å². The van der Waals surface area contributed by atoms with Crippen LogP contribution in [0.2, 0.25) is 0 Å². The Morgan fingerprint density at radius 3 is 2.38 bits per heavy atom. The van der Waals surface area contributed by atoms with Crippen LogP contribution in [-0.4, -0.2) is 21.9 Å². The highest BCUT2D eigenvalue weighted by Crippen LogP contribution is 2.68. The molecule has 3 heteroatoms. The number of fused-ring (bicyclic) bond motifs is 5. The lowest BCUT2D eigenvalue weighted by molar-refractivity contribution is -0.144. The van der Waals surface area contributed by atoms with Crippen molar-refractivity contribution in [1.82, 2.24) is 0 Å². The number of benzene rings is 1. The van der Waals surface area contributed by atoms with Crippen LogP contribution in [0.15, 0.2) is 24.3 Å². The maximum atomic E-state index is 13.3. The molecule has 0 aliphatic heterocycles. The fourth-order valence-corrected chi connectivity index (χ4v) is 9.48. The molecule has 0 heterocycles. The van der Waals surface area contributed by atoms with Gasteiger partial charge in [-0.1, -0.05) is 26.0 Å². The molecule has 4 aliphatic carbocycles. The van der Waals surface area contributed by atoms with Crippen LogP contribution in [0, 0.1) is 46.2 Å². The molecule has 0 unspecified atom stereocenters. The second kappa shape index (κ2) is 8.08. The van der Waals surface area contributed by atoms with Crippen molar-refractivity contribution < 1.29 is 14.6 Å². The van der Waals surface area contributed by atoms with E-state index in [0.29, 0.717) is 17.3 Å². The third-order valence-electron chi connectivity index (χ3n) is 11.2. The van der Waals surface area contributed by atoms with Gasteiger partial charge in [0.25, 0.3) is 0 Å². The van der Waals surface area contributed by atoms with Gasteiger partial charge >= 0.3 is 0 Å². The average molecular weight is 443 g/mol. The van der Waals surface area contributed by atoms with Crippen LogP contribution in [0.1, 0.15) is 90.5 Å². The van der Waals surface area contributed by atoms with Crippen LogP contribution in [0.5, 0.6) is 0 Å². The average Bonchev–Trinajstić information content (AvgIpc) is 3.12. The van der Waals surface area contributed by atoms with Crippen LogP contribution in [0.3, 0.4) is 0 Å². The maximum Gasteiger partial charge on any atom is 0.123 e. The Morgan fingerprint density at radius 2 is 1.62 bits per heavy atom. The van der Waals surface area contributed by atoms with Gasteiger partial charge in [-0.3, -0.25) is 0 Å². The molecule has 178 valence electrons. The second-order valence-corrected chi connectivity index (χ2v) is 12.7. The smallest absolute Gasteiger partial charge is 0.123 e. The molecule has 32 heavy (non-hydrogen) atoms. The second-order valence-electron chi connectivity index (χ2n) is 12.7. The molecule has 9 atom stereocenters. The molecule has 0 saturated heterocycles. The lowest BCUT2D eigenvalue weighted by Crippen LogP contribution is -2.55. The minimum atomic E-state index is -0.680. The van der Waals surface area contributed by atoms with E-state index in [1.54, 1.807) is 0 Å². The van der Waals surface area contributed by atoms with E-state index in [1.165, 1.54) is 50.7 Å². The largest absolute Gasteiger partial charge is 0.393 e. The monoisotopic (exact) mass is 442 g/mol. The van der Waals surface area contributed by atoms with Crippen molar-refractivity contribution in [2.75, 3.05) is 0 Å². The highest BCUT2D eigenvalue weighted by Gasteiger charge is 2.62. The Morgan fingerprint density at radius 1 is 0.938 bits per heavy atom. The molecular weight excluding hydrogens is 399 g/mol. The summed E-state index contributed by atoms with van der Waals surface area (Å²) in [6.07, 6.45) is 12.2. The first-order valence-corrected chi connectivity index (χ1v) is 13.3. The first-order chi connectivity index (χ1) is 15.1. The topological polar surface area (TPSA) is 40.5 Å². The molecule has 1 aromatic rings. The SMILES string of the molecule is C[C@]12CC[C@H](O)C[C@@H]1CC[C@@H]1[C@@H]2CC[C@@]2(C)[C@H]1CC[C@@H]2[C@](C)(O)CCc1ccc(F)cc1. The Hall–Kier alpha value is -0.930. The van der Waals surface area contributed by atoms with Crippen molar-refractivity contribution in [3.05, 3.63) is 35.6 Å². The van der Waals surface area contributed by atoms with Crippen LogP contribution in [0.4, 0.5) is 4.39 Å². The number of hydrogen-bond donors (Lipinski definition) is 2. The number of aliphatic hydroxyl groups excluding tert-OH is 1. The summed E-state index contributed by atoms with van der Waals surface area (Å²) in [6.45, 7) is 7.12. The van der Waals surface area contributed by atoms with Crippen LogP contribution in [0.25, 0.3) is 0 Å². The van der Waals surface area contributed by atoms with Crippen molar-refractivity contribution in [3.63, 3.8) is 0 Å². The molecule has 4 saturated carbocycles. The number of aryl methyl sites for hydroxylation is 1. The highest BCUT2D eigenvalue weighted by molar-refractivity contribution is 5.17. The fourth-order valence-electron chi connectivity index (χ4n) is 9.48. The van der Waals surface area contributed by atoms with Gasteiger partial charge < -0.3 is 10.2 Å². The molecule has 4 fully saturated rings. The lowest BCUT2D eigenvalue weighted by Gasteiger charge is -2.61. The van der Waals surface area contributed by atoms with Crippen molar-refractivity contribution in [2.24, 2.45) is 40.4 Å². The predicted octanol–water partition coefficient (Wildman–Crippen LogP) is 6.53. The summed E-state index contributed by atoms with van der Waals surface area (Å²) in [6, 6.07) is 6.77. The van der Waals surface area contributed by atoms with Crippen LogP contribution in [-0.2, 0) is 6.42 Å². The maximum absolute atomic E-state index is 13.3. The van der Waals surface area contributed by atoms with Crippen LogP contribution < -0.4 is 0 Å². The molecule has 0 aromatic heterocycles. The van der Waals surface area contributed by atoms with Crippen molar-refractivity contribution in [2.45, 2.75) is 103 Å². The van der Waals surface area contributed by atoms with Crippen LogP contribution >= 0.6 is 0 Å². The van der Waals surface area contributed by atoms with Gasteiger partial charge in [-0.2, -0.15) is 0 Å². The van der Waals surface area contributed by atoms with E-state index in [4.69, 9.17) is 0 Å². The molecule has 2 N–H and O–H groups in total. The first-order valence-electron chi connectivity index (χ1n) is 13.3. The van der Waals surface area contributed by atoms with Crippen molar-refractivity contribution in [1.29, 1.82) is 0 Å². The highest BCUT2D eigenvalue weighted by atomic mass is 19.1. The number of halogens is 1. The van der Waals surface area contributed by atoms with Gasteiger partial charge in [-0.15, -0.1) is 0 Å². The fraction of sp³-hybridized carbons (Fsp3) is 0.793. The lowest BCUT2D eigenvalue weighted by atomic mass is 9.44.